The number of β-amino-alcohol motifs (C(OH)–C–C–N with tert-alkyl or cyclic N) is 1. The van der Waals surface area contributed by atoms with Crippen molar-refractivity contribution >= 4 is 0 Å². The van der Waals surface area contributed by atoms with E-state index < -0.39 is 6.10 Å². The fraction of sp³-hybridized carbons (Fsp3) is 0.625. The molecule has 0 bridgehead atoms. The van der Waals surface area contributed by atoms with Crippen molar-refractivity contribution in [2.24, 2.45) is 5.92 Å². The van der Waals surface area contributed by atoms with Crippen LogP contribution in [0.5, 0.6) is 5.75 Å². The summed E-state index contributed by atoms with van der Waals surface area (Å²) < 4.78 is 5.14. The van der Waals surface area contributed by atoms with Crippen molar-refractivity contribution in [3.8, 4) is 5.75 Å². The van der Waals surface area contributed by atoms with Crippen molar-refractivity contribution in [1.29, 1.82) is 0 Å². The lowest BCUT2D eigenvalue weighted by atomic mass is 9.91. The molecule has 1 heterocycles. The Balaban J connectivity index is 1.97. The lowest BCUT2D eigenvalue weighted by molar-refractivity contribution is 0.0513. The van der Waals surface area contributed by atoms with Gasteiger partial charge >= 0.3 is 0 Å². The number of aliphatic hydroxyl groups excluding tert-OH is 1. The van der Waals surface area contributed by atoms with Gasteiger partial charge in [0.2, 0.25) is 0 Å². The van der Waals surface area contributed by atoms with Gasteiger partial charge in [-0.3, -0.25) is 4.90 Å². The van der Waals surface area contributed by atoms with Crippen LogP contribution in [0, 0.1) is 5.92 Å². The number of hydrogen-bond acceptors (Lipinski definition) is 3. The van der Waals surface area contributed by atoms with Crippen molar-refractivity contribution in [1.82, 2.24) is 4.90 Å². The first-order chi connectivity index (χ1) is 9.11. The first-order valence-electron chi connectivity index (χ1n) is 7.18. The molecule has 19 heavy (non-hydrogen) atoms. The zero-order chi connectivity index (χ0) is 13.8. The summed E-state index contributed by atoms with van der Waals surface area (Å²) in [7, 11) is 1.65. The molecule has 1 N–H and O–H groups in total. The van der Waals surface area contributed by atoms with Crippen LogP contribution in [0.4, 0.5) is 0 Å². The zero-order valence-electron chi connectivity index (χ0n) is 12.2. The Hall–Kier alpha value is -1.06. The Morgan fingerprint density at radius 2 is 2.00 bits per heavy atom. The quantitative estimate of drug-likeness (QED) is 0.906. The predicted molar refractivity (Wildman–Crippen MR) is 77.4 cm³/mol. The minimum atomic E-state index is -0.418. The van der Waals surface area contributed by atoms with E-state index in [0.29, 0.717) is 6.04 Å². The second-order valence-electron chi connectivity index (χ2n) is 5.64. The van der Waals surface area contributed by atoms with E-state index in [0.717, 1.165) is 30.3 Å². The van der Waals surface area contributed by atoms with Gasteiger partial charge in [-0.2, -0.15) is 0 Å². The summed E-state index contributed by atoms with van der Waals surface area (Å²) in [5, 5.41) is 10.4. The van der Waals surface area contributed by atoms with Gasteiger partial charge in [0.1, 0.15) is 5.75 Å². The maximum Gasteiger partial charge on any atom is 0.118 e. The van der Waals surface area contributed by atoms with E-state index in [-0.39, 0.29) is 0 Å². The van der Waals surface area contributed by atoms with E-state index in [1.165, 1.54) is 12.8 Å². The lowest BCUT2D eigenvalue weighted by Gasteiger charge is -2.39. The van der Waals surface area contributed by atoms with Crippen LogP contribution in [0.1, 0.15) is 38.4 Å². The average Bonchev–Trinajstić information content (AvgIpc) is 2.44. The van der Waals surface area contributed by atoms with Gasteiger partial charge in [0.15, 0.2) is 0 Å². The highest BCUT2D eigenvalue weighted by Gasteiger charge is 2.26. The van der Waals surface area contributed by atoms with Crippen LogP contribution in [0.25, 0.3) is 0 Å². The van der Waals surface area contributed by atoms with Crippen molar-refractivity contribution < 1.29 is 9.84 Å². The van der Waals surface area contributed by atoms with Crippen LogP contribution >= 0.6 is 0 Å². The third-order valence-corrected chi connectivity index (χ3v) is 4.41. The maximum absolute atomic E-state index is 10.4. The second kappa shape index (κ2) is 6.40. The molecule has 2 rings (SSSR count). The molecule has 1 fully saturated rings. The fourth-order valence-electron chi connectivity index (χ4n) is 2.83. The molecule has 0 aliphatic carbocycles. The van der Waals surface area contributed by atoms with Crippen LogP contribution in [-0.4, -0.2) is 36.2 Å². The normalized spacial score (nSPS) is 26.1. The van der Waals surface area contributed by atoms with E-state index in [9.17, 15) is 5.11 Å². The Morgan fingerprint density at radius 1 is 1.32 bits per heavy atom. The van der Waals surface area contributed by atoms with Gasteiger partial charge < -0.3 is 9.84 Å². The summed E-state index contributed by atoms with van der Waals surface area (Å²) in [6.45, 7) is 6.39. The maximum atomic E-state index is 10.4. The molecule has 1 aliphatic rings. The number of ether oxygens (including phenoxy) is 1. The molecule has 1 aromatic rings. The standard InChI is InChI=1S/C16H25NO2/c1-12-5-4-10-17(13(12)2)11-16(18)14-6-8-15(19-3)9-7-14/h6-9,12-13,16,18H,4-5,10-11H2,1-3H3. The first-order valence-corrected chi connectivity index (χ1v) is 7.18. The summed E-state index contributed by atoms with van der Waals surface area (Å²) in [6, 6.07) is 8.26. The van der Waals surface area contributed by atoms with Crippen molar-refractivity contribution in [2.45, 2.75) is 38.8 Å². The number of rotatable bonds is 4. The number of piperidine rings is 1. The topological polar surface area (TPSA) is 32.7 Å². The van der Waals surface area contributed by atoms with Gasteiger partial charge in [-0.25, -0.2) is 0 Å². The van der Waals surface area contributed by atoms with Crippen molar-refractivity contribution in [3.05, 3.63) is 29.8 Å². The van der Waals surface area contributed by atoms with Crippen LogP contribution in [-0.2, 0) is 0 Å². The molecule has 1 aromatic carbocycles. The Bertz CT molecular complexity index is 390. The molecule has 3 heteroatoms. The monoisotopic (exact) mass is 263 g/mol. The lowest BCUT2D eigenvalue weighted by Crippen LogP contribution is -2.44. The summed E-state index contributed by atoms with van der Waals surface area (Å²) >= 11 is 0. The van der Waals surface area contributed by atoms with Crippen LogP contribution in [0.15, 0.2) is 24.3 Å². The number of aliphatic hydroxyl groups is 1. The van der Waals surface area contributed by atoms with Gasteiger partial charge in [-0.1, -0.05) is 19.1 Å². The van der Waals surface area contributed by atoms with Crippen molar-refractivity contribution in [2.75, 3.05) is 20.2 Å². The van der Waals surface area contributed by atoms with Gasteiger partial charge in [-0.15, -0.1) is 0 Å². The van der Waals surface area contributed by atoms with E-state index in [1.807, 2.05) is 24.3 Å². The summed E-state index contributed by atoms with van der Waals surface area (Å²) in [4.78, 5) is 2.41. The number of methoxy groups -OCH3 is 1. The van der Waals surface area contributed by atoms with Gasteiger partial charge in [0.05, 0.1) is 13.2 Å². The van der Waals surface area contributed by atoms with Gasteiger partial charge in [0, 0.05) is 12.6 Å². The van der Waals surface area contributed by atoms with Crippen LogP contribution in [0.3, 0.4) is 0 Å². The molecule has 0 aromatic heterocycles. The molecule has 1 saturated heterocycles. The average molecular weight is 263 g/mol. The Kier molecular flexibility index (Phi) is 4.83. The van der Waals surface area contributed by atoms with E-state index >= 15 is 0 Å². The SMILES string of the molecule is COc1ccc(C(O)CN2CCCC(C)C2C)cc1. The smallest absolute Gasteiger partial charge is 0.118 e. The fourth-order valence-corrected chi connectivity index (χ4v) is 2.83. The third-order valence-electron chi connectivity index (χ3n) is 4.41. The predicted octanol–water partition coefficient (Wildman–Crippen LogP) is 2.85. The third kappa shape index (κ3) is 3.48. The molecule has 3 atom stereocenters. The molecule has 3 nitrogen and oxygen atoms in total. The van der Waals surface area contributed by atoms with Crippen molar-refractivity contribution in [3.63, 3.8) is 0 Å². The summed E-state index contributed by atoms with van der Waals surface area (Å²) in [5.41, 5.74) is 0.964. The molecular weight excluding hydrogens is 238 g/mol. The minimum absolute atomic E-state index is 0.418. The Morgan fingerprint density at radius 3 is 2.63 bits per heavy atom. The number of hydrogen-bond donors (Lipinski definition) is 1. The summed E-state index contributed by atoms with van der Waals surface area (Å²) in [5.74, 6) is 1.55. The first kappa shape index (κ1) is 14.4. The van der Waals surface area contributed by atoms with E-state index in [1.54, 1.807) is 7.11 Å². The Labute approximate surface area is 116 Å². The molecule has 1 aliphatic heterocycles. The van der Waals surface area contributed by atoms with Crippen LogP contribution < -0.4 is 4.74 Å². The number of nitrogens with zero attached hydrogens (tertiary/aromatic N) is 1. The van der Waals surface area contributed by atoms with Gasteiger partial charge in [0.25, 0.3) is 0 Å². The molecular formula is C16H25NO2. The van der Waals surface area contributed by atoms with E-state index in [2.05, 4.69) is 18.7 Å². The minimum Gasteiger partial charge on any atom is -0.497 e. The highest BCUT2D eigenvalue weighted by atomic mass is 16.5. The summed E-state index contributed by atoms with van der Waals surface area (Å²) in [6.07, 6.45) is 2.12. The highest BCUT2D eigenvalue weighted by molar-refractivity contribution is 5.28. The number of likely N-dealkylation sites (tertiary alicyclic amines) is 1. The molecule has 3 unspecified atom stereocenters. The molecule has 0 spiro atoms. The molecule has 106 valence electrons. The van der Waals surface area contributed by atoms with E-state index in [4.69, 9.17) is 4.74 Å². The highest BCUT2D eigenvalue weighted by Crippen LogP contribution is 2.26. The molecule has 0 radical (unpaired) electrons. The second-order valence-corrected chi connectivity index (χ2v) is 5.64. The van der Waals surface area contributed by atoms with Gasteiger partial charge in [-0.05, 0) is 49.9 Å². The molecule has 0 amide bonds. The van der Waals surface area contributed by atoms with Crippen LogP contribution in [0.2, 0.25) is 0 Å². The largest absolute Gasteiger partial charge is 0.497 e. The molecule has 0 saturated carbocycles. The zero-order valence-corrected chi connectivity index (χ0v) is 12.2. The number of benzene rings is 1.